The molecule has 16 heavy (non-hydrogen) atoms. The number of aromatic nitrogens is 1. The third kappa shape index (κ3) is 2.33. The van der Waals surface area contributed by atoms with Gasteiger partial charge in [-0.25, -0.2) is 0 Å². The van der Waals surface area contributed by atoms with Crippen LogP contribution in [0.3, 0.4) is 0 Å². The molecule has 0 aliphatic heterocycles. The van der Waals surface area contributed by atoms with Crippen molar-refractivity contribution < 1.29 is 5.11 Å². The molecule has 3 N–H and O–H groups in total. The van der Waals surface area contributed by atoms with Crippen molar-refractivity contribution in [1.29, 1.82) is 0 Å². The number of nitrogens with zero attached hydrogens (tertiary/aromatic N) is 2. The lowest BCUT2D eigenvalue weighted by Crippen LogP contribution is -2.37. The molecule has 1 aliphatic rings. The van der Waals surface area contributed by atoms with Gasteiger partial charge in [-0.3, -0.25) is 4.98 Å². The number of nitrogens with two attached hydrogens (primary N) is 1. The first kappa shape index (κ1) is 11.4. The molecular weight excluding hydrogens is 202 g/mol. The smallest absolute Gasteiger partial charge is 0.0595 e. The van der Waals surface area contributed by atoms with Crippen LogP contribution in [0.25, 0.3) is 0 Å². The molecule has 1 aromatic rings. The lowest BCUT2D eigenvalue weighted by molar-refractivity contribution is 0.0464. The second kappa shape index (κ2) is 4.80. The van der Waals surface area contributed by atoms with E-state index in [-0.39, 0.29) is 6.10 Å². The highest BCUT2D eigenvalue weighted by atomic mass is 16.3. The minimum Gasteiger partial charge on any atom is -0.393 e. The summed E-state index contributed by atoms with van der Waals surface area (Å²) in [4.78, 5) is 6.32. The van der Waals surface area contributed by atoms with Crippen LogP contribution in [0.2, 0.25) is 0 Å². The van der Waals surface area contributed by atoms with Crippen LogP contribution >= 0.6 is 0 Å². The molecule has 0 unspecified atom stereocenters. The highest BCUT2D eigenvalue weighted by Crippen LogP contribution is 2.29. The van der Waals surface area contributed by atoms with Crippen LogP contribution in [0.5, 0.6) is 0 Å². The van der Waals surface area contributed by atoms with Gasteiger partial charge in [-0.05, 0) is 30.4 Å². The summed E-state index contributed by atoms with van der Waals surface area (Å²) < 4.78 is 0. The number of hydrogen-bond donors (Lipinski definition) is 2. The van der Waals surface area contributed by atoms with Crippen molar-refractivity contribution in [3.05, 3.63) is 24.0 Å². The molecule has 0 amide bonds. The van der Waals surface area contributed by atoms with E-state index in [1.807, 2.05) is 12.3 Å². The third-order valence-corrected chi connectivity index (χ3v) is 3.26. The van der Waals surface area contributed by atoms with E-state index in [9.17, 15) is 5.11 Å². The first-order valence-electron chi connectivity index (χ1n) is 5.73. The Morgan fingerprint density at radius 3 is 2.94 bits per heavy atom. The van der Waals surface area contributed by atoms with E-state index >= 15 is 0 Å². The first-order chi connectivity index (χ1) is 7.70. The maximum atomic E-state index is 9.25. The summed E-state index contributed by atoms with van der Waals surface area (Å²) in [5.41, 5.74) is 7.92. The normalized spacial score (nSPS) is 23.9. The standard InChI is InChI=1S/C12H19N3O/c1-15(8-9-4-11(16)5-9)12-7-14-3-2-10(12)6-13/h2-3,7,9,11,16H,4-6,8,13H2,1H3. The van der Waals surface area contributed by atoms with E-state index < -0.39 is 0 Å². The highest BCUT2D eigenvalue weighted by molar-refractivity contribution is 5.51. The van der Waals surface area contributed by atoms with Crippen LogP contribution < -0.4 is 10.6 Å². The van der Waals surface area contributed by atoms with E-state index in [2.05, 4.69) is 16.9 Å². The molecule has 88 valence electrons. The molecule has 0 aromatic carbocycles. The van der Waals surface area contributed by atoms with Gasteiger partial charge < -0.3 is 15.7 Å². The Kier molecular flexibility index (Phi) is 3.41. The fourth-order valence-corrected chi connectivity index (χ4v) is 2.27. The molecule has 0 bridgehead atoms. The van der Waals surface area contributed by atoms with Crippen molar-refractivity contribution >= 4 is 5.69 Å². The zero-order chi connectivity index (χ0) is 11.5. The van der Waals surface area contributed by atoms with Gasteiger partial charge in [0.1, 0.15) is 0 Å². The number of aliphatic hydroxyl groups is 1. The Balaban J connectivity index is 1.99. The predicted molar refractivity (Wildman–Crippen MR) is 64.1 cm³/mol. The average molecular weight is 221 g/mol. The molecule has 0 atom stereocenters. The second-order valence-electron chi connectivity index (χ2n) is 4.58. The minimum absolute atomic E-state index is 0.0822. The fourth-order valence-electron chi connectivity index (χ4n) is 2.27. The summed E-state index contributed by atoms with van der Waals surface area (Å²) in [6.45, 7) is 1.51. The summed E-state index contributed by atoms with van der Waals surface area (Å²) in [5.74, 6) is 0.603. The molecule has 1 aromatic heterocycles. The lowest BCUT2D eigenvalue weighted by atomic mass is 9.82. The van der Waals surface area contributed by atoms with Crippen molar-refractivity contribution in [2.75, 3.05) is 18.5 Å². The topological polar surface area (TPSA) is 62.4 Å². The Bertz CT molecular complexity index is 350. The van der Waals surface area contributed by atoms with E-state index in [0.29, 0.717) is 12.5 Å². The lowest BCUT2D eigenvalue weighted by Gasteiger charge is -2.35. The van der Waals surface area contributed by atoms with Crippen molar-refractivity contribution in [3.8, 4) is 0 Å². The van der Waals surface area contributed by atoms with Gasteiger partial charge in [0.05, 0.1) is 18.0 Å². The molecular formula is C12H19N3O. The number of rotatable bonds is 4. The Labute approximate surface area is 96.1 Å². The third-order valence-electron chi connectivity index (χ3n) is 3.26. The van der Waals surface area contributed by atoms with Gasteiger partial charge in [0.25, 0.3) is 0 Å². The van der Waals surface area contributed by atoms with Crippen molar-refractivity contribution in [1.82, 2.24) is 4.98 Å². The van der Waals surface area contributed by atoms with Crippen LogP contribution in [0.15, 0.2) is 18.5 Å². The molecule has 1 saturated carbocycles. The van der Waals surface area contributed by atoms with Gasteiger partial charge >= 0.3 is 0 Å². The Morgan fingerprint density at radius 1 is 1.56 bits per heavy atom. The Hall–Kier alpha value is -1.13. The van der Waals surface area contributed by atoms with Crippen molar-refractivity contribution in [2.45, 2.75) is 25.5 Å². The number of pyridine rings is 1. The molecule has 0 saturated heterocycles. The molecule has 4 heteroatoms. The van der Waals surface area contributed by atoms with Crippen LogP contribution in [0.4, 0.5) is 5.69 Å². The Morgan fingerprint density at radius 2 is 2.31 bits per heavy atom. The molecule has 0 spiro atoms. The SMILES string of the molecule is CN(CC1CC(O)C1)c1cnccc1CN. The zero-order valence-electron chi connectivity index (χ0n) is 9.63. The van der Waals surface area contributed by atoms with E-state index in [4.69, 9.17) is 5.73 Å². The fraction of sp³-hybridized carbons (Fsp3) is 0.583. The molecule has 4 nitrogen and oxygen atoms in total. The maximum absolute atomic E-state index is 9.25. The van der Waals surface area contributed by atoms with Gasteiger partial charge in [0.15, 0.2) is 0 Å². The number of hydrogen-bond acceptors (Lipinski definition) is 4. The first-order valence-corrected chi connectivity index (χ1v) is 5.73. The second-order valence-corrected chi connectivity index (χ2v) is 4.58. The van der Waals surface area contributed by atoms with E-state index in [0.717, 1.165) is 30.6 Å². The van der Waals surface area contributed by atoms with Crippen LogP contribution in [-0.4, -0.2) is 29.8 Å². The van der Waals surface area contributed by atoms with Crippen molar-refractivity contribution in [2.24, 2.45) is 11.7 Å². The predicted octanol–water partition coefficient (Wildman–Crippen LogP) is 0.747. The van der Waals surface area contributed by atoms with Crippen LogP contribution in [0, 0.1) is 5.92 Å². The van der Waals surface area contributed by atoms with Gasteiger partial charge in [0.2, 0.25) is 0 Å². The van der Waals surface area contributed by atoms with Gasteiger partial charge in [0, 0.05) is 26.3 Å². The van der Waals surface area contributed by atoms with Gasteiger partial charge in [-0.2, -0.15) is 0 Å². The van der Waals surface area contributed by atoms with E-state index in [1.54, 1.807) is 6.20 Å². The van der Waals surface area contributed by atoms with Crippen molar-refractivity contribution in [3.63, 3.8) is 0 Å². The summed E-state index contributed by atoms with van der Waals surface area (Å²) >= 11 is 0. The number of anilines is 1. The molecule has 2 rings (SSSR count). The summed E-state index contributed by atoms with van der Waals surface area (Å²) in [5, 5.41) is 9.25. The molecule has 1 fully saturated rings. The number of aliphatic hydroxyl groups excluding tert-OH is 1. The summed E-state index contributed by atoms with van der Waals surface area (Å²) in [6, 6.07) is 1.96. The summed E-state index contributed by atoms with van der Waals surface area (Å²) in [6.07, 6.45) is 5.39. The largest absolute Gasteiger partial charge is 0.393 e. The monoisotopic (exact) mass is 221 g/mol. The molecule has 0 radical (unpaired) electrons. The maximum Gasteiger partial charge on any atom is 0.0595 e. The molecule has 1 heterocycles. The average Bonchev–Trinajstić information content (AvgIpc) is 2.27. The van der Waals surface area contributed by atoms with Crippen LogP contribution in [0.1, 0.15) is 18.4 Å². The highest BCUT2D eigenvalue weighted by Gasteiger charge is 2.28. The summed E-state index contributed by atoms with van der Waals surface area (Å²) in [7, 11) is 2.06. The zero-order valence-corrected chi connectivity index (χ0v) is 9.63. The van der Waals surface area contributed by atoms with E-state index in [1.165, 1.54) is 0 Å². The van der Waals surface area contributed by atoms with Crippen LogP contribution in [-0.2, 0) is 6.54 Å². The minimum atomic E-state index is -0.0822. The van der Waals surface area contributed by atoms with Gasteiger partial charge in [-0.1, -0.05) is 0 Å². The van der Waals surface area contributed by atoms with Gasteiger partial charge in [-0.15, -0.1) is 0 Å². The molecule has 1 aliphatic carbocycles. The quantitative estimate of drug-likeness (QED) is 0.787.